The van der Waals surface area contributed by atoms with Gasteiger partial charge in [-0.1, -0.05) is 26.2 Å². The van der Waals surface area contributed by atoms with Crippen LogP contribution in [0.2, 0.25) is 0 Å². The van der Waals surface area contributed by atoms with Gasteiger partial charge in [0.1, 0.15) is 0 Å². The first-order valence-corrected chi connectivity index (χ1v) is 5.45. The molecule has 0 amide bonds. The maximum absolute atomic E-state index is 5.98. The van der Waals surface area contributed by atoms with Gasteiger partial charge in [0.25, 0.3) is 0 Å². The molecule has 1 saturated carbocycles. The third-order valence-electron chi connectivity index (χ3n) is 3.50. The minimum Gasteiger partial charge on any atom is -0.375 e. The van der Waals surface area contributed by atoms with Gasteiger partial charge in [0.15, 0.2) is 0 Å². The Morgan fingerprint density at radius 1 is 1.17 bits per heavy atom. The fourth-order valence-corrected chi connectivity index (χ4v) is 2.82. The zero-order chi connectivity index (χ0) is 8.44. The maximum Gasteiger partial charge on any atom is 0.0685 e. The smallest absolute Gasteiger partial charge is 0.0685 e. The second-order valence-electron chi connectivity index (χ2n) is 4.69. The topological polar surface area (TPSA) is 9.23 Å². The molecule has 0 unspecified atom stereocenters. The summed E-state index contributed by atoms with van der Waals surface area (Å²) >= 11 is 0. The fourth-order valence-electron chi connectivity index (χ4n) is 2.82. The van der Waals surface area contributed by atoms with Crippen molar-refractivity contribution < 1.29 is 4.74 Å². The first-order chi connectivity index (χ1) is 5.81. The van der Waals surface area contributed by atoms with Gasteiger partial charge in [0.05, 0.1) is 5.60 Å². The van der Waals surface area contributed by atoms with Gasteiger partial charge in [-0.3, -0.25) is 0 Å². The Labute approximate surface area is 75.5 Å². The molecule has 12 heavy (non-hydrogen) atoms. The third-order valence-corrected chi connectivity index (χ3v) is 3.50. The highest BCUT2D eigenvalue weighted by Gasteiger charge is 2.36. The van der Waals surface area contributed by atoms with E-state index in [2.05, 4.69) is 6.92 Å². The first kappa shape index (κ1) is 8.55. The van der Waals surface area contributed by atoms with Crippen LogP contribution >= 0.6 is 0 Å². The lowest BCUT2D eigenvalue weighted by molar-refractivity contribution is -0.114. The highest BCUT2D eigenvalue weighted by atomic mass is 16.5. The molecule has 1 heterocycles. The van der Waals surface area contributed by atoms with Crippen molar-refractivity contribution in [3.8, 4) is 0 Å². The Bertz CT molecular complexity index is 142. The average Bonchev–Trinajstić information content (AvgIpc) is 2.05. The number of hydrogen-bond donors (Lipinski definition) is 0. The van der Waals surface area contributed by atoms with Crippen LogP contribution in [0.25, 0.3) is 0 Å². The standard InChI is InChI=1S/C11H20O/c1-10-5-8-12-11(9-10)6-3-2-4-7-11/h10H,2-9H2,1H3/t10-/m1/s1. The van der Waals surface area contributed by atoms with Gasteiger partial charge in [0.2, 0.25) is 0 Å². The largest absolute Gasteiger partial charge is 0.375 e. The van der Waals surface area contributed by atoms with E-state index >= 15 is 0 Å². The lowest BCUT2D eigenvalue weighted by Crippen LogP contribution is -2.40. The molecule has 1 heteroatoms. The molecular weight excluding hydrogens is 148 g/mol. The molecule has 0 N–H and O–H groups in total. The molecule has 0 aromatic heterocycles. The van der Waals surface area contributed by atoms with Crippen LogP contribution < -0.4 is 0 Å². The minimum absolute atomic E-state index is 0.329. The zero-order valence-electron chi connectivity index (χ0n) is 8.14. The van der Waals surface area contributed by atoms with E-state index in [-0.39, 0.29) is 0 Å². The van der Waals surface area contributed by atoms with E-state index in [4.69, 9.17) is 4.74 Å². The van der Waals surface area contributed by atoms with Gasteiger partial charge in [-0.05, 0) is 31.6 Å². The number of rotatable bonds is 0. The lowest BCUT2D eigenvalue weighted by atomic mass is 9.77. The lowest BCUT2D eigenvalue weighted by Gasteiger charge is -2.42. The summed E-state index contributed by atoms with van der Waals surface area (Å²) in [6.07, 6.45) is 9.49. The summed E-state index contributed by atoms with van der Waals surface area (Å²) in [6, 6.07) is 0. The highest BCUT2D eigenvalue weighted by molar-refractivity contribution is 4.88. The molecule has 2 rings (SSSR count). The molecule has 0 aromatic rings. The number of hydrogen-bond acceptors (Lipinski definition) is 1. The Morgan fingerprint density at radius 2 is 1.92 bits per heavy atom. The monoisotopic (exact) mass is 168 g/mol. The van der Waals surface area contributed by atoms with Crippen LogP contribution in [0, 0.1) is 5.92 Å². The molecule has 1 spiro atoms. The zero-order valence-corrected chi connectivity index (χ0v) is 8.14. The van der Waals surface area contributed by atoms with E-state index in [1.165, 1.54) is 44.9 Å². The van der Waals surface area contributed by atoms with E-state index in [1.54, 1.807) is 0 Å². The van der Waals surface area contributed by atoms with E-state index in [1.807, 2.05) is 0 Å². The third kappa shape index (κ3) is 1.66. The maximum atomic E-state index is 5.98. The molecule has 0 bridgehead atoms. The summed E-state index contributed by atoms with van der Waals surface area (Å²) in [5.41, 5.74) is 0.329. The molecular formula is C11H20O. The molecule has 1 nitrogen and oxygen atoms in total. The van der Waals surface area contributed by atoms with Crippen LogP contribution in [-0.2, 0) is 4.74 Å². The van der Waals surface area contributed by atoms with E-state index in [9.17, 15) is 0 Å². The van der Waals surface area contributed by atoms with Crippen molar-refractivity contribution in [1.82, 2.24) is 0 Å². The van der Waals surface area contributed by atoms with Gasteiger partial charge in [0, 0.05) is 6.61 Å². The Morgan fingerprint density at radius 3 is 2.58 bits per heavy atom. The van der Waals surface area contributed by atoms with Crippen molar-refractivity contribution in [2.45, 2.75) is 57.5 Å². The predicted octanol–water partition coefficient (Wildman–Crippen LogP) is 3.14. The van der Waals surface area contributed by atoms with Crippen LogP contribution in [-0.4, -0.2) is 12.2 Å². The van der Waals surface area contributed by atoms with Crippen molar-refractivity contribution in [2.24, 2.45) is 5.92 Å². The van der Waals surface area contributed by atoms with Crippen molar-refractivity contribution >= 4 is 0 Å². The second kappa shape index (κ2) is 3.37. The van der Waals surface area contributed by atoms with Gasteiger partial charge >= 0.3 is 0 Å². The van der Waals surface area contributed by atoms with Gasteiger partial charge < -0.3 is 4.74 Å². The summed E-state index contributed by atoms with van der Waals surface area (Å²) in [7, 11) is 0. The van der Waals surface area contributed by atoms with Crippen LogP contribution in [0.3, 0.4) is 0 Å². The van der Waals surface area contributed by atoms with Crippen LogP contribution in [0.15, 0.2) is 0 Å². The summed E-state index contributed by atoms with van der Waals surface area (Å²) in [5.74, 6) is 0.900. The summed E-state index contributed by atoms with van der Waals surface area (Å²) in [5, 5.41) is 0. The van der Waals surface area contributed by atoms with E-state index in [0.717, 1.165) is 12.5 Å². The van der Waals surface area contributed by atoms with E-state index < -0.39 is 0 Å². The molecule has 1 aliphatic carbocycles. The minimum atomic E-state index is 0.329. The number of ether oxygens (including phenoxy) is 1. The fraction of sp³-hybridized carbons (Fsp3) is 1.00. The molecule has 70 valence electrons. The molecule has 0 radical (unpaired) electrons. The Kier molecular flexibility index (Phi) is 2.40. The van der Waals surface area contributed by atoms with Gasteiger partial charge in [-0.15, -0.1) is 0 Å². The summed E-state index contributed by atoms with van der Waals surface area (Å²) < 4.78 is 5.98. The molecule has 1 atom stereocenters. The quantitative estimate of drug-likeness (QED) is 0.540. The van der Waals surface area contributed by atoms with Gasteiger partial charge in [-0.2, -0.15) is 0 Å². The van der Waals surface area contributed by atoms with Crippen LogP contribution in [0.5, 0.6) is 0 Å². The Hall–Kier alpha value is -0.0400. The predicted molar refractivity (Wildman–Crippen MR) is 50.2 cm³/mol. The highest BCUT2D eigenvalue weighted by Crippen LogP contribution is 2.40. The van der Waals surface area contributed by atoms with Crippen LogP contribution in [0.1, 0.15) is 51.9 Å². The SMILES string of the molecule is C[C@@H]1CCOC2(CCCCC2)C1. The average molecular weight is 168 g/mol. The van der Waals surface area contributed by atoms with Gasteiger partial charge in [-0.25, -0.2) is 0 Å². The van der Waals surface area contributed by atoms with E-state index in [0.29, 0.717) is 5.60 Å². The second-order valence-corrected chi connectivity index (χ2v) is 4.69. The molecule has 1 saturated heterocycles. The molecule has 1 aliphatic heterocycles. The molecule has 2 aliphatic rings. The van der Waals surface area contributed by atoms with Crippen LogP contribution in [0.4, 0.5) is 0 Å². The first-order valence-electron chi connectivity index (χ1n) is 5.45. The normalized spacial score (nSPS) is 35.2. The molecule has 2 fully saturated rings. The summed E-state index contributed by atoms with van der Waals surface area (Å²) in [6.45, 7) is 3.39. The Balaban J connectivity index is 1.97. The van der Waals surface area contributed by atoms with Crippen molar-refractivity contribution in [1.29, 1.82) is 0 Å². The molecule has 0 aromatic carbocycles. The van der Waals surface area contributed by atoms with Crippen molar-refractivity contribution in [2.75, 3.05) is 6.61 Å². The van der Waals surface area contributed by atoms with Crippen molar-refractivity contribution in [3.63, 3.8) is 0 Å². The summed E-state index contributed by atoms with van der Waals surface area (Å²) in [4.78, 5) is 0. The van der Waals surface area contributed by atoms with Crippen molar-refractivity contribution in [3.05, 3.63) is 0 Å².